The number of carbonyl (C=O) groups excluding carboxylic acids is 1. The van der Waals surface area contributed by atoms with Crippen LogP contribution in [0.25, 0.3) is 32.3 Å². The molecule has 0 saturated heterocycles. The summed E-state index contributed by atoms with van der Waals surface area (Å²) in [6, 6.07) is 17.3. The van der Waals surface area contributed by atoms with Gasteiger partial charge in [-0.1, -0.05) is 36.4 Å². The summed E-state index contributed by atoms with van der Waals surface area (Å²) in [6.07, 6.45) is 1.46. The van der Waals surface area contributed by atoms with Crippen LogP contribution in [-0.4, -0.2) is 12.4 Å². The molecular formula is C23H16O2. The molecule has 6 rings (SSSR count). The molecule has 1 aliphatic heterocycles. The van der Waals surface area contributed by atoms with Crippen molar-refractivity contribution in [2.75, 3.05) is 6.61 Å². The number of hydrogen-bond donors (Lipinski definition) is 0. The van der Waals surface area contributed by atoms with Crippen molar-refractivity contribution in [1.29, 1.82) is 0 Å². The minimum Gasteiger partial charge on any atom is -0.376 e. The van der Waals surface area contributed by atoms with Gasteiger partial charge in [-0.25, -0.2) is 0 Å². The molecule has 25 heavy (non-hydrogen) atoms. The Bertz CT molecular complexity index is 1230. The van der Waals surface area contributed by atoms with E-state index in [4.69, 9.17) is 4.74 Å². The molecule has 4 aromatic rings. The Morgan fingerprint density at radius 2 is 1.52 bits per heavy atom. The quantitative estimate of drug-likeness (QED) is 0.427. The first kappa shape index (κ1) is 13.6. The summed E-state index contributed by atoms with van der Waals surface area (Å²) in [5.74, 6) is 0.246. The van der Waals surface area contributed by atoms with Crippen LogP contribution in [0.5, 0.6) is 0 Å². The Kier molecular flexibility index (Phi) is 2.54. The summed E-state index contributed by atoms with van der Waals surface area (Å²) in [7, 11) is 0. The third kappa shape index (κ3) is 1.70. The minimum absolute atomic E-state index is 0.246. The molecule has 4 aromatic carbocycles. The van der Waals surface area contributed by atoms with Crippen molar-refractivity contribution < 1.29 is 9.53 Å². The number of benzene rings is 4. The fourth-order valence-corrected chi connectivity index (χ4v) is 4.74. The molecule has 0 radical (unpaired) electrons. The smallest absolute Gasteiger partial charge is 0.167 e. The lowest BCUT2D eigenvalue weighted by Crippen LogP contribution is -1.94. The summed E-state index contributed by atoms with van der Waals surface area (Å²) in [6.45, 7) is 1.44. The summed E-state index contributed by atoms with van der Waals surface area (Å²) in [5.41, 5.74) is 4.69. The van der Waals surface area contributed by atoms with Gasteiger partial charge in [-0.15, -0.1) is 0 Å². The van der Waals surface area contributed by atoms with Crippen molar-refractivity contribution in [3.63, 3.8) is 0 Å². The number of ether oxygens (including phenoxy) is 1. The van der Waals surface area contributed by atoms with Crippen molar-refractivity contribution in [1.82, 2.24) is 0 Å². The standard InChI is InChI=1S/C23H16O2/c24-21-11-15-10-20-16-4-1-3-14-12-25-8-7-13(22(14)16)9-19(20)17-5-2-6-18(21)23(15)17/h1-6,9-10H,7-8,11-12H2. The van der Waals surface area contributed by atoms with Crippen molar-refractivity contribution in [3.8, 4) is 0 Å². The van der Waals surface area contributed by atoms with E-state index in [0.717, 1.165) is 24.0 Å². The zero-order valence-corrected chi connectivity index (χ0v) is 13.8. The van der Waals surface area contributed by atoms with Crippen molar-refractivity contribution in [2.45, 2.75) is 19.4 Å². The van der Waals surface area contributed by atoms with Gasteiger partial charge in [0.15, 0.2) is 5.78 Å². The third-order valence-electron chi connectivity index (χ3n) is 5.79. The second-order valence-electron chi connectivity index (χ2n) is 7.14. The minimum atomic E-state index is 0.246. The maximum atomic E-state index is 12.4. The average molecular weight is 324 g/mol. The molecule has 1 heterocycles. The molecule has 0 unspecified atom stereocenters. The number of rotatable bonds is 0. The number of Topliss-reactive ketones (excluding diaryl/α,β-unsaturated/α-hetero) is 1. The van der Waals surface area contributed by atoms with Gasteiger partial charge in [0.1, 0.15) is 0 Å². The summed E-state index contributed by atoms with van der Waals surface area (Å²) >= 11 is 0. The normalized spacial score (nSPS) is 16.1. The average Bonchev–Trinajstić information content (AvgIpc) is 2.83. The molecule has 0 spiro atoms. The van der Waals surface area contributed by atoms with Crippen molar-refractivity contribution in [3.05, 3.63) is 70.8 Å². The zero-order valence-electron chi connectivity index (χ0n) is 13.8. The van der Waals surface area contributed by atoms with Gasteiger partial charge in [-0.3, -0.25) is 4.79 Å². The zero-order chi connectivity index (χ0) is 16.5. The highest BCUT2D eigenvalue weighted by Gasteiger charge is 2.24. The number of fused-ring (bicyclic) bond motifs is 3. The monoisotopic (exact) mass is 324 g/mol. The maximum Gasteiger partial charge on any atom is 0.167 e. The van der Waals surface area contributed by atoms with Gasteiger partial charge < -0.3 is 4.74 Å². The van der Waals surface area contributed by atoms with E-state index in [1.54, 1.807) is 0 Å². The van der Waals surface area contributed by atoms with Gasteiger partial charge in [-0.05, 0) is 67.6 Å². The van der Waals surface area contributed by atoms with Gasteiger partial charge in [0.2, 0.25) is 0 Å². The van der Waals surface area contributed by atoms with Crippen LogP contribution in [0.1, 0.15) is 27.0 Å². The second-order valence-corrected chi connectivity index (χ2v) is 7.14. The molecule has 0 bridgehead atoms. The molecule has 0 fully saturated rings. The van der Waals surface area contributed by atoms with Crippen LogP contribution < -0.4 is 0 Å². The summed E-state index contributed by atoms with van der Waals surface area (Å²) < 4.78 is 5.80. The van der Waals surface area contributed by atoms with E-state index in [-0.39, 0.29) is 5.78 Å². The molecule has 2 aliphatic rings. The van der Waals surface area contributed by atoms with Crippen LogP contribution in [0.15, 0.2) is 48.5 Å². The molecule has 120 valence electrons. The molecular weight excluding hydrogens is 308 g/mol. The van der Waals surface area contributed by atoms with Crippen LogP contribution in [-0.2, 0) is 24.2 Å². The van der Waals surface area contributed by atoms with Gasteiger partial charge in [-0.2, -0.15) is 0 Å². The molecule has 0 atom stereocenters. The van der Waals surface area contributed by atoms with Crippen LogP contribution >= 0.6 is 0 Å². The third-order valence-corrected chi connectivity index (χ3v) is 5.79. The fourth-order valence-electron chi connectivity index (χ4n) is 4.74. The van der Waals surface area contributed by atoms with Crippen molar-refractivity contribution in [2.24, 2.45) is 0 Å². The number of hydrogen-bond acceptors (Lipinski definition) is 2. The molecule has 2 heteroatoms. The van der Waals surface area contributed by atoms with Gasteiger partial charge in [0, 0.05) is 12.0 Å². The molecule has 2 nitrogen and oxygen atoms in total. The van der Waals surface area contributed by atoms with Crippen LogP contribution in [0.2, 0.25) is 0 Å². The topological polar surface area (TPSA) is 26.3 Å². The number of ketones is 1. The highest BCUT2D eigenvalue weighted by molar-refractivity contribution is 6.25. The lowest BCUT2D eigenvalue weighted by atomic mass is 9.89. The molecule has 0 aromatic heterocycles. The lowest BCUT2D eigenvalue weighted by Gasteiger charge is -2.14. The van der Waals surface area contributed by atoms with E-state index in [0.29, 0.717) is 13.0 Å². The Morgan fingerprint density at radius 3 is 2.40 bits per heavy atom. The van der Waals surface area contributed by atoms with Crippen LogP contribution in [0.3, 0.4) is 0 Å². The molecule has 0 N–H and O–H groups in total. The van der Waals surface area contributed by atoms with E-state index in [1.807, 2.05) is 12.1 Å². The first-order chi connectivity index (χ1) is 12.3. The highest BCUT2D eigenvalue weighted by Crippen LogP contribution is 2.41. The van der Waals surface area contributed by atoms with Crippen LogP contribution in [0, 0.1) is 0 Å². The largest absolute Gasteiger partial charge is 0.376 e. The fraction of sp³-hybridized carbons (Fsp3) is 0.174. The predicted octanol–water partition coefficient (Wildman–Crippen LogP) is 4.96. The lowest BCUT2D eigenvalue weighted by molar-refractivity contribution is 0.1000. The van der Waals surface area contributed by atoms with Gasteiger partial charge in [0.25, 0.3) is 0 Å². The molecule has 1 aliphatic carbocycles. The summed E-state index contributed by atoms with van der Waals surface area (Å²) in [4.78, 5) is 12.4. The first-order valence-electron chi connectivity index (χ1n) is 8.84. The van der Waals surface area contributed by atoms with E-state index in [1.165, 1.54) is 43.6 Å². The Labute approximate surface area is 145 Å². The molecule has 0 amide bonds. The maximum absolute atomic E-state index is 12.4. The number of carbonyl (C=O) groups is 1. The van der Waals surface area contributed by atoms with E-state index in [9.17, 15) is 4.79 Å². The second kappa shape index (κ2) is 4.68. The predicted molar refractivity (Wildman–Crippen MR) is 100 cm³/mol. The van der Waals surface area contributed by atoms with Crippen molar-refractivity contribution >= 4 is 38.1 Å². The SMILES string of the molecule is O=C1Cc2cc3c4cccc5c4c(cc3c3cccc1c23)CCOC5. The first-order valence-corrected chi connectivity index (χ1v) is 8.84. The Morgan fingerprint density at radius 1 is 0.760 bits per heavy atom. The molecule has 0 saturated carbocycles. The van der Waals surface area contributed by atoms with E-state index < -0.39 is 0 Å². The van der Waals surface area contributed by atoms with Gasteiger partial charge in [0.05, 0.1) is 13.2 Å². The highest BCUT2D eigenvalue weighted by atomic mass is 16.5. The van der Waals surface area contributed by atoms with Crippen LogP contribution in [0.4, 0.5) is 0 Å². The Hall–Kier alpha value is -2.71. The summed E-state index contributed by atoms with van der Waals surface area (Å²) in [5, 5.41) is 7.53. The van der Waals surface area contributed by atoms with E-state index in [2.05, 4.69) is 36.4 Å². The van der Waals surface area contributed by atoms with E-state index >= 15 is 0 Å². The Balaban J connectivity index is 1.89. The van der Waals surface area contributed by atoms with Gasteiger partial charge >= 0.3 is 0 Å².